The number of amides is 1. The summed E-state index contributed by atoms with van der Waals surface area (Å²) >= 11 is 5.89. The van der Waals surface area contributed by atoms with Gasteiger partial charge >= 0.3 is 0 Å². The number of hydrogen-bond donors (Lipinski definition) is 1. The smallest absolute Gasteiger partial charge is 0.224 e. The number of rotatable bonds is 4. The van der Waals surface area contributed by atoms with Gasteiger partial charge in [-0.2, -0.15) is 0 Å². The molecule has 0 fully saturated rings. The van der Waals surface area contributed by atoms with Crippen LogP contribution in [0, 0.1) is 0 Å². The lowest BCUT2D eigenvalue weighted by Crippen LogP contribution is -2.28. The van der Waals surface area contributed by atoms with Crippen molar-refractivity contribution in [3.05, 3.63) is 76.9 Å². The summed E-state index contributed by atoms with van der Waals surface area (Å²) in [4.78, 5) is 16.7. The SMILES string of the molecule is CC(NC(=O)Cc1cccc2cccnc12)c1ccc(Cl)cc1. The molecule has 0 aliphatic rings. The molecule has 3 nitrogen and oxygen atoms in total. The standard InChI is InChI=1S/C19H17ClN2O/c1-13(14-7-9-17(20)10-8-14)22-18(23)12-16-5-2-4-15-6-3-11-21-19(15)16/h2-11,13H,12H2,1H3,(H,22,23). The Morgan fingerprint density at radius 3 is 2.65 bits per heavy atom. The maximum absolute atomic E-state index is 12.3. The largest absolute Gasteiger partial charge is 0.349 e. The van der Waals surface area contributed by atoms with Gasteiger partial charge in [-0.25, -0.2) is 0 Å². The van der Waals surface area contributed by atoms with E-state index in [0.29, 0.717) is 11.4 Å². The van der Waals surface area contributed by atoms with E-state index in [9.17, 15) is 4.79 Å². The van der Waals surface area contributed by atoms with Gasteiger partial charge in [-0.3, -0.25) is 9.78 Å². The average Bonchev–Trinajstić information content (AvgIpc) is 2.55. The van der Waals surface area contributed by atoms with Crippen molar-refractivity contribution < 1.29 is 4.79 Å². The van der Waals surface area contributed by atoms with E-state index in [1.165, 1.54) is 0 Å². The Bertz CT molecular complexity index is 825. The Kier molecular flexibility index (Phi) is 4.58. The van der Waals surface area contributed by atoms with Crippen LogP contribution in [0.3, 0.4) is 0 Å². The lowest BCUT2D eigenvalue weighted by molar-refractivity contribution is -0.121. The molecule has 0 aliphatic carbocycles. The number of hydrogen-bond acceptors (Lipinski definition) is 2. The Morgan fingerprint density at radius 1 is 1.13 bits per heavy atom. The third kappa shape index (κ3) is 3.69. The van der Waals surface area contributed by atoms with Crippen LogP contribution >= 0.6 is 11.6 Å². The summed E-state index contributed by atoms with van der Waals surface area (Å²) in [6, 6.07) is 17.2. The molecule has 1 heterocycles. The minimum absolute atomic E-state index is 0.0226. The maximum Gasteiger partial charge on any atom is 0.224 e. The molecule has 116 valence electrons. The summed E-state index contributed by atoms with van der Waals surface area (Å²) in [6.45, 7) is 1.96. The first-order valence-corrected chi connectivity index (χ1v) is 7.89. The molecule has 1 aromatic heterocycles. The van der Waals surface area contributed by atoms with Crippen LogP contribution in [0.2, 0.25) is 5.02 Å². The van der Waals surface area contributed by atoms with E-state index in [0.717, 1.165) is 22.0 Å². The van der Waals surface area contributed by atoms with Gasteiger partial charge in [-0.05, 0) is 36.2 Å². The highest BCUT2D eigenvalue weighted by molar-refractivity contribution is 6.30. The average molecular weight is 325 g/mol. The van der Waals surface area contributed by atoms with Gasteiger partial charge in [-0.1, -0.05) is 48.0 Å². The van der Waals surface area contributed by atoms with Crippen LogP contribution in [-0.4, -0.2) is 10.9 Å². The first-order valence-electron chi connectivity index (χ1n) is 7.51. The van der Waals surface area contributed by atoms with Gasteiger partial charge in [0.2, 0.25) is 5.91 Å². The van der Waals surface area contributed by atoms with Crippen LogP contribution in [0.4, 0.5) is 0 Å². The number of nitrogens with zero attached hydrogens (tertiary/aromatic N) is 1. The summed E-state index contributed by atoms with van der Waals surface area (Å²) in [7, 11) is 0. The predicted molar refractivity (Wildman–Crippen MR) is 93.5 cm³/mol. The fourth-order valence-electron chi connectivity index (χ4n) is 2.61. The van der Waals surface area contributed by atoms with E-state index in [1.807, 2.05) is 61.5 Å². The molecule has 3 aromatic rings. The monoisotopic (exact) mass is 324 g/mol. The molecule has 0 saturated carbocycles. The number of nitrogens with one attached hydrogen (secondary N) is 1. The number of pyridine rings is 1. The van der Waals surface area contributed by atoms with Crippen LogP contribution in [0.25, 0.3) is 10.9 Å². The van der Waals surface area contributed by atoms with Gasteiger partial charge in [0.05, 0.1) is 18.0 Å². The van der Waals surface area contributed by atoms with Crippen molar-refractivity contribution in [3.63, 3.8) is 0 Å². The van der Waals surface area contributed by atoms with Crippen molar-refractivity contribution in [2.24, 2.45) is 0 Å². The molecule has 3 rings (SSSR count). The summed E-state index contributed by atoms with van der Waals surface area (Å²) < 4.78 is 0. The van der Waals surface area contributed by atoms with Gasteiger partial charge in [0.1, 0.15) is 0 Å². The zero-order valence-corrected chi connectivity index (χ0v) is 13.5. The summed E-state index contributed by atoms with van der Waals surface area (Å²) in [5.74, 6) is -0.0226. The number of para-hydroxylation sites is 1. The Labute approximate surface area is 140 Å². The van der Waals surface area contributed by atoms with Crippen LogP contribution in [0.1, 0.15) is 24.1 Å². The van der Waals surface area contributed by atoms with Crippen molar-refractivity contribution >= 4 is 28.4 Å². The summed E-state index contributed by atoms with van der Waals surface area (Å²) in [5, 5.41) is 4.75. The van der Waals surface area contributed by atoms with Crippen molar-refractivity contribution in [2.75, 3.05) is 0 Å². The molecular weight excluding hydrogens is 308 g/mol. The van der Waals surface area contributed by atoms with Crippen molar-refractivity contribution in [1.29, 1.82) is 0 Å². The minimum Gasteiger partial charge on any atom is -0.349 e. The maximum atomic E-state index is 12.3. The first kappa shape index (κ1) is 15.5. The molecule has 4 heteroatoms. The van der Waals surface area contributed by atoms with E-state index >= 15 is 0 Å². The van der Waals surface area contributed by atoms with Crippen LogP contribution < -0.4 is 5.32 Å². The quantitative estimate of drug-likeness (QED) is 0.777. The molecule has 1 amide bonds. The van der Waals surface area contributed by atoms with Gasteiger partial charge in [-0.15, -0.1) is 0 Å². The number of fused-ring (bicyclic) bond motifs is 1. The molecule has 0 saturated heterocycles. The van der Waals surface area contributed by atoms with Gasteiger partial charge in [0.15, 0.2) is 0 Å². The summed E-state index contributed by atoms with van der Waals surface area (Å²) in [6.07, 6.45) is 2.06. The summed E-state index contributed by atoms with van der Waals surface area (Å²) in [5.41, 5.74) is 2.84. The van der Waals surface area contributed by atoms with Gasteiger partial charge < -0.3 is 5.32 Å². The van der Waals surface area contributed by atoms with Gasteiger partial charge in [0, 0.05) is 16.6 Å². The number of aromatic nitrogens is 1. The van der Waals surface area contributed by atoms with E-state index in [1.54, 1.807) is 6.20 Å². The van der Waals surface area contributed by atoms with E-state index in [2.05, 4.69) is 10.3 Å². The molecule has 0 bridgehead atoms. The Morgan fingerprint density at radius 2 is 1.87 bits per heavy atom. The second-order valence-electron chi connectivity index (χ2n) is 5.51. The Hall–Kier alpha value is -2.39. The zero-order chi connectivity index (χ0) is 16.2. The highest BCUT2D eigenvalue weighted by Gasteiger charge is 2.12. The Balaban J connectivity index is 1.72. The lowest BCUT2D eigenvalue weighted by atomic mass is 10.1. The number of carbonyl (C=O) groups is 1. The minimum atomic E-state index is -0.0669. The second-order valence-corrected chi connectivity index (χ2v) is 5.95. The lowest BCUT2D eigenvalue weighted by Gasteiger charge is -2.15. The van der Waals surface area contributed by atoms with Gasteiger partial charge in [0.25, 0.3) is 0 Å². The fourth-order valence-corrected chi connectivity index (χ4v) is 2.74. The zero-order valence-electron chi connectivity index (χ0n) is 12.8. The van der Waals surface area contributed by atoms with Crippen molar-refractivity contribution in [1.82, 2.24) is 10.3 Å². The number of benzene rings is 2. The van der Waals surface area contributed by atoms with Crippen LogP contribution in [-0.2, 0) is 11.2 Å². The molecule has 1 atom stereocenters. The normalized spacial score (nSPS) is 12.1. The van der Waals surface area contributed by atoms with Crippen LogP contribution in [0.15, 0.2) is 60.8 Å². The first-order chi connectivity index (χ1) is 11.1. The second kappa shape index (κ2) is 6.80. The molecule has 2 aromatic carbocycles. The third-order valence-electron chi connectivity index (χ3n) is 3.81. The van der Waals surface area contributed by atoms with E-state index in [4.69, 9.17) is 11.6 Å². The van der Waals surface area contributed by atoms with E-state index < -0.39 is 0 Å². The highest BCUT2D eigenvalue weighted by Crippen LogP contribution is 2.18. The van der Waals surface area contributed by atoms with E-state index in [-0.39, 0.29) is 11.9 Å². The highest BCUT2D eigenvalue weighted by atomic mass is 35.5. The third-order valence-corrected chi connectivity index (χ3v) is 4.07. The fraction of sp³-hybridized carbons (Fsp3) is 0.158. The number of carbonyl (C=O) groups excluding carboxylic acids is 1. The molecular formula is C19H17ClN2O. The molecule has 23 heavy (non-hydrogen) atoms. The molecule has 0 radical (unpaired) electrons. The topological polar surface area (TPSA) is 42.0 Å². The molecule has 0 aliphatic heterocycles. The van der Waals surface area contributed by atoms with Crippen molar-refractivity contribution in [3.8, 4) is 0 Å². The van der Waals surface area contributed by atoms with Crippen molar-refractivity contribution in [2.45, 2.75) is 19.4 Å². The predicted octanol–water partition coefficient (Wildman–Crippen LogP) is 4.31. The molecule has 0 spiro atoms. The molecule has 1 N–H and O–H groups in total. The molecule has 1 unspecified atom stereocenters. The van der Waals surface area contributed by atoms with Crippen LogP contribution in [0.5, 0.6) is 0 Å². The number of halogens is 1.